The van der Waals surface area contributed by atoms with Gasteiger partial charge in [0.2, 0.25) is 11.8 Å². The van der Waals surface area contributed by atoms with E-state index in [-0.39, 0.29) is 24.3 Å². The van der Waals surface area contributed by atoms with Crippen molar-refractivity contribution in [1.82, 2.24) is 9.80 Å². The maximum Gasteiger partial charge on any atom is 0.239 e. The van der Waals surface area contributed by atoms with Crippen molar-refractivity contribution in [1.29, 1.82) is 0 Å². The highest BCUT2D eigenvalue weighted by Gasteiger charge is 2.26. The van der Waals surface area contributed by atoms with Crippen LogP contribution >= 0.6 is 0 Å². The SMILES string of the molecule is CC[C@H](C)[C@H](N)C(=O)N1CCCN(CC(N)=O)CC1. The minimum Gasteiger partial charge on any atom is -0.369 e. The normalized spacial score (nSPS) is 20.7. The standard InChI is InChI=1S/C13H26N4O2/c1-3-10(2)12(15)13(19)17-6-4-5-16(7-8-17)9-11(14)18/h10,12H,3-9,15H2,1-2H3,(H2,14,18)/t10-,12-/m0/s1. The van der Waals surface area contributed by atoms with E-state index in [1.54, 1.807) is 0 Å². The van der Waals surface area contributed by atoms with Crippen molar-refractivity contribution in [2.75, 3.05) is 32.7 Å². The molecule has 1 aliphatic heterocycles. The van der Waals surface area contributed by atoms with E-state index < -0.39 is 6.04 Å². The zero-order valence-electron chi connectivity index (χ0n) is 12.0. The van der Waals surface area contributed by atoms with Gasteiger partial charge in [-0.05, 0) is 12.3 Å². The van der Waals surface area contributed by atoms with E-state index >= 15 is 0 Å². The van der Waals surface area contributed by atoms with Gasteiger partial charge in [-0.3, -0.25) is 14.5 Å². The molecule has 2 atom stereocenters. The van der Waals surface area contributed by atoms with Crippen LogP contribution in [0.5, 0.6) is 0 Å². The molecule has 6 heteroatoms. The van der Waals surface area contributed by atoms with Crippen LogP contribution in [0.3, 0.4) is 0 Å². The van der Waals surface area contributed by atoms with Crippen molar-refractivity contribution in [3.05, 3.63) is 0 Å². The zero-order valence-corrected chi connectivity index (χ0v) is 12.0. The third kappa shape index (κ3) is 4.80. The summed E-state index contributed by atoms with van der Waals surface area (Å²) in [5.74, 6) is -0.108. The molecule has 1 rings (SSSR count). The second-order valence-corrected chi connectivity index (χ2v) is 5.33. The third-order valence-corrected chi connectivity index (χ3v) is 3.82. The Hall–Kier alpha value is -1.14. The first-order valence-corrected chi connectivity index (χ1v) is 7.00. The summed E-state index contributed by atoms with van der Waals surface area (Å²) in [6, 6.07) is -0.423. The molecule has 0 aromatic carbocycles. The number of primary amides is 1. The van der Waals surface area contributed by atoms with Crippen molar-refractivity contribution >= 4 is 11.8 Å². The fourth-order valence-corrected chi connectivity index (χ4v) is 2.28. The Morgan fingerprint density at radius 1 is 1.21 bits per heavy atom. The molecule has 6 nitrogen and oxygen atoms in total. The lowest BCUT2D eigenvalue weighted by Crippen LogP contribution is -2.48. The molecule has 0 unspecified atom stereocenters. The van der Waals surface area contributed by atoms with Gasteiger partial charge in [-0.25, -0.2) is 0 Å². The van der Waals surface area contributed by atoms with Crippen LogP contribution in [0.2, 0.25) is 0 Å². The van der Waals surface area contributed by atoms with Crippen LogP contribution in [0, 0.1) is 5.92 Å². The van der Waals surface area contributed by atoms with E-state index in [1.165, 1.54) is 0 Å². The van der Waals surface area contributed by atoms with Gasteiger partial charge < -0.3 is 16.4 Å². The third-order valence-electron chi connectivity index (χ3n) is 3.82. The molecule has 4 N–H and O–H groups in total. The van der Waals surface area contributed by atoms with E-state index in [1.807, 2.05) is 23.6 Å². The molecule has 110 valence electrons. The summed E-state index contributed by atoms with van der Waals surface area (Å²) in [6.45, 7) is 7.11. The van der Waals surface area contributed by atoms with Crippen LogP contribution in [-0.2, 0) is 9.59 Å². The number of nitrogens with zero attached hydrogens (tertiary/aromatic N) is 2. The Morgan fingerprint density at radius 2 is 1.89 bits per heavy atom. The quantitative estimate of drug-likeness (QED) is 0.696. The second-order valence-electron chi connectivity index (χ2n) is 5.33. The van der Waals surface area contributed by atoms with Gasteiger partial charge in [0, 0.05) is 26.2 Å². The summed E-state index contributed by atoms with van der Waals surface area (Å²) in [5.41, 5.74) is 11.2. The second kappa shape index (κ2) is 7.45. The molecule has 0 bridgehead atoms. The fourth-order valence-electron chi connectivity index (χ4n) is 2.28. The van der Waals surface area contributed by atoms with E-state index in [0.29, 0.717) is 19.6 Å². The molecule has 1 saturated heterocycles. The van der Waals surface area contributed by atoms with Gasteiger partial charge in [0.15, 0.2) is 0 Å². The molecule has 0 aliphatic carbocycles. The summed E-state index contributed by atoms with van der Waals surface area (Å²) in [6.07, 6.45) is 1.75. The van der Waals surface area contributed by atoms with Crippen LogP contribution in [-0.4, -0.2) is 60.4 Å². The Balaban J connectivity index is 2.52. The Bertz CT molecular complexity index is 322. The van der Waals surface area contributed by atoms with Crippen molar-refractivity contribution in [2.45, 2.75) is 32.7 Å². The molecule has 0 aromatic heterocycles. The van der Waals surface area contributed by atoms with Gasteiger partial charge in [-0.1, -0.05) is 20.3 Å². The summed E-state index contributed by atoms with van der Waals surface area (Å²) in [5, 5.41) is 0. The number of hydrogen-bond donors (Lipinski definition) is 2. The molecule has 0 aromatic rings. The molecule has 0 radical (unpaired) electrons. The molecule has 1 fully saturated rings. The van der Waals surface area contributed by atoms with Gasteiger partial charge in [0.25, 0.3) is 0 Å². The van der Waals surface area contributed by atoms with E-state index in [4.69, 9.17) is 11.5 Å². The Morgan fingerprint density at radius 3 is 2.47 bits per heavy atom. The first-order valence-electron chi connectivity index (χ1n) is 7.00. The molecule has 2 amide bonds. The number of amides is 2. The highest BCUT2D eigenvalue weighted by Crippen LogP contribution is 2.11. The van der Waals surface area contributed by atoms with Crippen LogP contribution in [0.1, 0.15) is 26.7 Å². The predicted molar refractivity (Wildman–Crippen MR) is 74.3 cm³/mol. The predicted octanol–water partition coefficient (Wildman–Crippen LogP) is -0.621. The average Bonchev–Trinajstić information content (AvgIpc) is 2.61. The van der Waals surface area contributed by atoms with Crippen LogP contribution < -0.4 is 11.5 Å². The summed E-state index contributed by atoms with van der Waals surface area (Å²) < 4.78 is 0. The number of carbonyl (C=O) groups is 2. The van der Waals surface area contributed by atoms with Crippen LogP contribution in [0.15, 0.2) is 0 Å². The average molecular weight is 270 g/mol. The largest absolute Gasteiger partial charge is 0.369 e. The lowest BCUT2D eigenvalue weighted by atomic mass is 9.99. The maximum absolute atomic E-state index is 12.3. The molecular weight excluding hydrogens is 244 g/mol. The first-order chi connectivity index (χ1) is 8.95. The topological polar surface area (TPSA) is 92.7 Å². The van der Waals surface area contributed by atoms with Crippen molar-refractivity contribution in [3.8, 4) is 0 Å². The minimum absolute atomic E-state index is 0.0234. The van der Waals surface area contributed by atoms with E-state index in [2.05, 4.69) is 0 Å². The van der Waals surface area contributed by atoms with Gasteiger partial charge >= 0.3 is 0 Å². The maximum atomic E-state index is 12.3. The van der Waals surface area contributed by atoms with Gasteiger partial charge in [-0.2, -0.15) is 0 Å². The number of carbonyl (C=O) groups excluding carboxylic acids is 2. The van der Waals surface area contributed by atoms with Crippen LogP contribution in [0.4, 0.5) is 0 Å². The number of hydrogen-bond acceptors (Lipinski definition) is 4. The molecular formula is C13H26N4O2. The highest BCUT2D eigenvalue weighted by molar-refractivity contribution is 5.82. The highest BCUT2D eigenvalue weighted by atomic mass is 16.2. The lowest BCUT2D eigenvalue weighted by molar-refractivity contribution is -0.133. The number of rotatable bonds is 5. The summed E-state index contributed by atoms with van der Waals surface area (Å²) in [4.78, 5) is 27.0. The molecule has 1 heterocycles. The van der Waals surface area contributed by atoms with Crippen LogP contribution in [0.25, 0.3) is 0 Å². The van der Waals surface area contributed by atoms with Crippen molar-refractivity contribution < 1.29 is 9.59 Å². The summed E-state index contributed by atoms with van der Waals surface area (Å²) in [7, 11) is 0. The lowest BCUT2D eigenvalue weighted by Gasteiger charge is -2.27. The van der Waals surface area contributed by atoms with Gasteiger partial charge in [0.1, 0.15) is 0 Å². The Kier molecular flexibility index (Phi) is 6.24. The zero-order chi connectivity index (χ0) is 14.4. The fraction of sp³-hybridized carbons (Fsp3) is 0.846. The van der Waals surface area contributed by atoms with Crippen molar-refractivity contribution in [2.24, 2.45) is 17.4 Å². The first kappa shape index (κ1) is 15.9. The van der Waals surface area contributed by atoms with Gasteiger partial charge in [0.05, 0.1) is 12.6 Å². The molecule has 19 heavy (non-hydrogen) atoms. The Labute approximate surface area is 115 Å². The number of nitrogens with two attached hydrogens (primary N) is 2. The minimum atomic E-state index is -0.423. The molecule has 0 saturated carbocycles. The van der Waals surface area contributed by atoms with E-state index in [9.17, 15) is 9.59 Å². The monoisotopic (exact) mass is 270 g/mol. The van der Waals surface area contributed by atoms with Gasteiger partial charge in [-0.15, -0.1) is 0 Å². The summed E-state index contributed by atoms with van der Waals surface area (Å²) >= 11 is 0. The molecule has 0 spiro atoms. The van der Waals surface area contributed by atoms with Crippen molar-refractivity contribution in [3.63, 3.8) is 0 Å². The van der Waals surface area contributed by atoms with E-state index in [0.717, 1.165) is 19.4 Å². The smallest absolute Gasteiger partial charge is 0.239 e. The molecule has 1 aliphatic rings.